The smallest absolute Gasteiger partial charge is 0.326 e. The van der Waals surface area contributed by atoms with E-state index in [-0.39, 0.29) is 11.5 Å². The highest BCUT2D eigenvalue weighted by molar-refractivity contribution is 6.04. The van der Waals surface area contributed by atoms with E-state index < -0.39 is 17.8 Å². The number of carbonyl (C=O) groups excluding carboxylic acids is 2. The van der Waals surface area contributed by atoms with E-state index in [2.05, 4.69) is 15.6 Å². The second-order valence-electron chi connectivity index (χ2n) is 4.64. The summed E-state index contributed by atoms with van der Waals surface area (Å²) in [6, 6.07) is 8.08. The number of benzene rings is 1. The maximum absolute atomic E-state index is 12.4. The average Bonchev–Trinajstić information content (AvgIpc) is 2.48. The fraction of sp³-hybridized carbons (Fsp3) is 0.133. The lowest BCUT2D eigenvalue weighted by Gasteiger charge is -2.08. The maximum Gasteiger partial charge on any atom is 0.433 e. The second kappa shape index (κ2) is 6.47. The van der Waals surface area contributed by atoms with Crippen molar-refractivity contribution in [2.45, 2.75) is 13.1 Å². The monoisotopic (exact) mass is 323 g/mol. The van der Waals surface area contributed by atoms with Crippen molar-refractivity contribution in [1.82, 2.24) is 4.98 Å². The zero-order valence-corrected chi connectivity index (χ0v) is 11.9. The Morgan fingerprint density at radius 1 is 0.957 bits per heavy atom. The van der Waals surface area contributed by atoms with Crippen molar-refractivity contribution in [1.29, 1.82) is 0 Å². The summed E-state index contributed by atoms with van der Waals surface area (Å²) in [4.78, 5) is 26.1. The quantitative estimate of drug-likeness (QED) is 0.910. The molecule has 0 fully saturated rings. The molecule has 0 radical (unpaired) electrons. The molecule has 0 atom stereocenters. The third kappa shape index (κ3) is 4.53. The van der Waals surface area contributed by atoms with Gasteiger partial charge in [-0.05, 0) is 36.4 Å². The molecule has 2 aromatic rings. The van der Waals surface area contributed by atoms with Crippen molar-refractivity contribution < 1.29 is 22.8 Å². The van der Waals surface area contributed by atoms with Crippen LogP contribution < -0.4 is 10.6 Å². The summed E-state index contributed by atoms with van der Waals surface area (Å²) in [5, 5.41) is 5.09. The molecule has 0 aliphatic carbocycles. The number of hydrogen-bond donors (Lipinski definition) is 2. The lowest BCUT2D eigenvalue weighted by atomic mass is 10.2. The van der Waals surface area contributed by atoms with Crippen LogP contribution >= 0.6 is 0 Å². The van der Waals surface area contributed by atoms with Crippen LogP contribution in [0.2, 0.25) is 0 Å². The molecule has 2 N–H and O–H groups in total. The van der Waals surface area contributed by atoms with Crippen molar-refractivity contribution >= 4 is 23.2 Å². The minimum atomic E-state index is -4.55. The van der Waals surface area contributed by atoms with E-state index >= 15 is 0 Å². The minimum absolute atomic E-state index is 0.00365. The van der Waals surface area contributed by atoms with Gasteiger partial charge < -0.3 is 10.6 Å². The van der Waals surface area contributed by atoms with Crippen molar-refractivity contribution in [3.05, 3.63) is 53.9 Å². The van der Waals surface area contributed by atoms with Crippen molar-refractivity contribution in [2.75, 3.05) is 10.6 Å². The van der Waals surface area contributed by atoms with Crippen molar-refractivity contribution in [3.8, 4) is 0 Å². The fourth-order valence-electron chi connectivity index (χ4n) is 1.74. The first kappa shape index (κ1) is 16.5. The number of aromatic nitrogens is 1. The van der Waals surface area contributed by atoms with Gasteiger partial charge in [0.1, 0.15) is 5.69 Å². The topological polar surface area (TPSA) is 71.1 Å². The van der Waals surface area contributed by atoms with Crippen molar-refractivity contribution in [2.24, 2.45) is 0 Å². The molecule has 1 heterocycles. The molecule has 0 unspecified atom stereocenters. The highest BCUT2D eigenvalue weighted by Gasteiger charge is 2.32. The number of nitrogens with one attached hydrogen (secondary N) is 2. The molecule has 120 valence electrons. The number of hydrogen-bond acceptors (Lipinski definition) is 3. The van der Waals surface area contributed by atoms with Crippen LogP contribution in [0.25, 0.3) is 0 Å². The van der Waals surface area contributed by atoms with E-state index in [9.17, 15) is 22.8 Å². The first-order valence-electron chi connectivity index (χ1n) is 6.48. The predicted molar refractivity (Wildman–Crippen MR) is 77.9 cm³/mol. The number of carbonyl (C=O) groups is 2. The summed E-state index contributed by atoms with van der Waals surface area (Å²) >= 11 is 0. The lowest BCUT2D eigenvalue weighted by molar-refractivity contribution is -0.141. The number of nitrogens with zero attached hydrogens (tertiary/aromatic N) is 1. The molecule has 0 saturated carbocycles. The molecule has 0 spiro atoms. The Kier molecular flexibility index (Phi) is 4.63. The van der Waals surface area contributed by atoms with Gasteiger partial charge in [-0.1, -0.05) is 0 Å². The molecule has 0 aliphatic rings. The number of pyridine rings is 1. The summed E-state index contributed by atoms with van der Waals surface area (Å²) in [5.41, 5.74) is -0.0617. The number of amides is 2. The molecule has 2 amide bonds. The van der Waals surface area contributed by atoms with E-state index in [1.54, 1.807) is 24.3 Å². The van der Waals surface area contributed by atoms with Crippen LogP contribution in [-0.2, 0) is 11.0 Å². The normalized spacial score (nSPS) is 11.0. The number of alkyl halides is 3. The van der Waals surface area contributed by atoms with E-state index in [1.165, 1.54) is 6.92 Å². The summed E-state index contributed by atoms with van der Waals surface area (Å²) < 4.78 is 37.2. The van der Waals surface area contributed by atoms with E-state index in [0.717, 1.165) is 18.3 Å². The summed E-state index contributed by atoms with van der Waals surface area (Å²) in [5.74, 6) is -0.809. The molecular formula is C15H12F3N3O2. The standard InChI is InChI=1S/C15H12F3N3O2/c1-9(22)20-11-3-5-12(6-4-11)21-14(23)10-2-7-13(19-8-10)15(16,17)18/h2-8H,1H3,(H,20,22)(H,21,23). The molecule has 2 rings (SSSR count). The van der Waals surface area contributed by atoms with E-state index in [0.29, 0.717) is 11.4 Å². The van der Waals surface area contributed by atoms with Crippen LogP contribution in [0.5, 0.6) is 0 Å². The van der Waals surface area contributed by atoms with Crippen LogP contribution in [0.3, 0.4) is 0 Å². The third-order valence-corrected chi connectivity index (χ3v) is 2.78. The number of anilines is 2. The Balaban J connectivity index is 2.05. The van der Waals surface area contributed by atoms with Crippen LogP contribution in [0.1, 0.15) is 23.0 Å². The van der Waals surface area contributed by atoms with Gasteiger partial charge in [-0.2, -0.15) is 13.2 Å². The van der Waals surface area contributed by atoms with E-state index in [4.69, 9.17) is 0 Å². The zero-order valence-electron chi connectivity index (χ0n) is 11.9. The molecule has 1 aromatic heterocycles. The fourth-order valence-corrected chi connectivity index (χ4v) is 1.74. The Morgan fingerprint density at radius 3 is 1.96 bits per heavy atom. The predicted octanol–water partition coefficient (Wildman–Crippen LogP) is 3.31. The molecule has 1 aromatic carbocycles. The molecule has 8 heteroatoms. The van der Waals surface area contributed by atoms with Crippen LogP contribution in [0.4, 0.5) is 24.5 Å². The van der Waals surface area contributed by atoms with Gasteiger partial charge >= 0.3 is 6.18 Å². The molecule has 5 nitrogen and oxygen atoms in total. The lowest BCUT2D eigenvalue weighted by Crippen LogP contribution is -2.14. The highest BCUT2D eigenvalue weighted by Crippen LogP contribution is 2.27. The van der Waals surface area contributed by atoms with Crippen molar-refractivity contribution in [3.63, 3.8) is 0 Å². The molecule has 0 saturated heterocycles. The van der Waals surface area contributed by atoms with Gasteiger partial charge in [0.15, 0.2) is 0 Å². The summed E-state index contributed by atoms with van der Waals surface area (Å²) in [6.45, 7) is 1.37. The minimum Gasteiger partial charge on any atom is -0.326 e. The number of halogens is 3. The number of rotatable bonds is 3. The Labute approximate surface area is 129 Å². The molecule has 0 aliphatic heterocycles. The largest absolute Gasteiger partial charge is 0.433 e. The van der Waals surface area contributed by atoms with Crippen LogP contribution in [0, 0.1) is 0 Å². The first-order valence-corrected chi connectivity index (χ1v) is 6.48. The van der Waals surface area contributed by atoms with Gasteiger partial charge in [0, 0.05) is 24.5 Å². The summed E-state index contributed by atoms with van der Waals surface area (Å²) in [7, 11) is 0. The van der Waals surface area contributed by atoms with Gasteiger partial charge in [0.25, 0.3) is 5.91 Å². The molecule has 23 heavy (non-hydrogen) atoms. The van der Waals surface area contributed by atoms with Gasteiger partial charge in [-0.3, -0.25) is 14.6 Å². The second-order valence-corrected chi connectivity index (χ2v) is 4.64. The van der Waals surface area contributed by atoms with Crippen LogP contribution in [-0.4, -0.2) is 16.8 Å². The molecular weight excluding hydrogens is 311 g/mol. The van der Waals surface area contributed by atoms with Crippen LogP contribution in [0.15, 0.2) is 42.6 Å². The van der Waals surface area contributed by atoms with Gasteiger partial charge in [0.05, 0.1) is 5.56 Å². The molecule has 0 bridgehead atoms. The Bertz CT molecular complexity index is 710. The van der Waals surface area contributed by atoms with Gasteiger partial charge in [-0.25, -0.2) is 0 Å². The summed E-state index contributed by atoms with van der Waals surface area (Å²) in [6.07, 6.45) is -3.68. The zero-order chi connectivity index (χ0) is 17.0. The maximum atomic E-state index is 12.4. The Morgan fingerprint density at radius 2 is 1.52 bits per heavy atom. The Hall–Kier alpha value is -2.90. The average molecular weight is 323 g/mol. The van der Waals surface area contributed by atoms with Gasteiger partial charge in [0.2, 0.25) is 5.91 Å². The van der Waals surface area contributed by atoms with Gasteiger partial charge in [-0.15, -0.1) is 0 Å². The highest BCUT2D eigenvalue weighted by atomic mass is 19.4. The first-order chi connectivity index (χ1) is 10.8. The van der Waals surface area contributed by atoms with E-state index in [1.807, 2.05) is 0 Å². The SMILES string of the molecule is CC(=O)Nc1ccc(NC(=O)c2ccc(C(F)(F)F)nc2)cc1. The third-order valence-electron chi connectivity index (χ3n) is 2.78.